The molecule has 1 aromatic heterocycles. The fraction of sp³-hybridized carbons (Fsp3) is 0.308. The molecule has 0 aliphatic heterocycles. The fourth-order valence-electron chi connectivity index (χ4n) is 1.81. The van der Waals surface area contributed by atoms with Gasteiger partial charge in [-0.05, 0) is 25.1 Å². The SMILES string of the molecule is Cc1csc(CC(O)c2cc(C(F)(F)F)ccc2N)n1. The molecule has 0 saturated heterocycles. The number of nitrogens with two attached hydrogens (primary N) is 1. The summed E-state index contributed by atoms with van der Waals surface area (Å²) >= 11 is 1.35. The van der Waals surface area contributed by atoms with Crippen LogP contribution in [0.2, 0.25) is 0 Å². The molecule has 1 atom stereocenters. The minimum absolute atomic E-state index is 0.0766. The molecule has 1 unspecified atom stereocenters. The number of alkyl halides is 3. The summed E-state index contributed by atoms with van der Waals surface area (Å²) in [4.78, 5) is 4.17. The third kappa shape index (κ3) is 3.29. The number of nitrogen functional groups attached to an aromatic ring is 1. The lowest BCUT2D eigenvalue weighted by molar-refractivity contribution is -0.137. The van der Waals surface area contributed by atoms with Crippen LogP contribution in [0.3, 0.4) is 0 Å². The summed E-state index contributed by atoms with van der Waals surface area (Å²) in [7, 11) is 0. The number of aryl methyl sites for hydroxylation is 1. The molecule has 3 N–H and O–H groups in total. The summed E-state index contributed by atoms with van der Waals surface area (Å²) in [6, 6.07) is 2.95. The highest BCUT2D eigenvalue weighted by molar-refractivity contribution is 7.09. The molecule has 0 radical (unpaired) electrons. The van der Waals surface area contributed by atoms with E-state index >= 15 is 0 Å². The van der Waals surface area contributed by atoms with E-state index in [1.54, 1.807) is 0 Å². The Labute approximate surface area is 117 Å². The third-order valence-electron chi connectivity index (χ3n) is 2.81. The molecule has 108 valence electrons. The smallest absolute Gasteiger partial charge is 0.398 e. The van der Waals surface area contributed by atoms with Crippen molar-refractivity contribution in [3.8, 4) is 0 Å². The zero-order valence-electron chi connectivity index (χ0n) is 10.6. The lowest BCUT2D eigenvalue weighted by atomic mass is 10.0. The summed E-state index contributed by atoms with van der Waals surface area (Å²) in [5, 5.41) is 12.5. The molecule has 3 nitrogen and oxygen atoms in total. The van der Waals surface area contributed by atoms with E-state index in [1.165, 1.54) is 11.3 Å². The van der Waals surface area contributed by atoms with Crippen LogP contribution < -0.4 is 5.73 Å². The maximum Gasteiger partial charge on any atom is 0.416 e. The van der Waals surface area contributed by atoms with Gasteiger partial charge in [-0.3, -0.25) is 0 Å². The van der Waals surface area contributed by atoms with Gasteiger partial charge in [0.2, 0.25) is 0 Å². The number of halogens is 3. The molecule has 1 aromatic carbocycles. The van der Waals surface area contributed by atoms with Crippen molar-refractivity contribution in [3.05, 3.63) is 45.4 Å². The monoisotopic (exact) mass is 302 g/mol. The van der Waals surface area contributed by atoms with Gasteiger partial charge in [-0.15, -0.1) is 11.3 Å². The number of benzene rings is 1. The molecule has 2 rings (SSSR count). The number of aromatic nitrogens is 1. The number of hydrogen-bond donors (Lipinski definition) is 2. The standard InChI is InChI=1S/C13H13F3N2OS/c1-7-6-20-12(18-7)5-11(19)9-4-8(13(14,15)16)2-3-10(9)17/h2-4,6,11,19H,5,17H2,1H3. The first-order valence-corrected chi connectivity index (χ1v) is 6.71. The zero-order valence-corrected chi connectivity index (χ0v) is 11.4. The first-order valence-electron chi connectivity index (χ1n) is 5.83. The van der Waals surface area contributed by atoms with E-state index in [0.717, 1.165) is 23.9 Å². The number of thiazole rings is 1. The third-order valence-corrected chi connectivity index (χ3v) is 3.80. The molecule has 7 heteroatoms. The van der Waals surface area contributed by atoms with Crippen LogP contribution in [-0.4, -0.2) is 10.1 Å². The summed E-state index contributed by atoms with van der Waals surface area (Å²) in [6.07, 6.45) is -5.42. The highest BCUT2D eigenvalue weighted by Gasteiger charge is 2.31. The van der Waals surface area contributed by atoms with Gasteiger partial charge in [-0.1, -0.05) is 0 Å². The van der Waals surface area contributed by atoms with Crippen molar-refractivity contribution in [1.82, 2.24) is 4.98 Å². The predicted octanol–water partition coefficient (Wildman–Crippen LogP) is 3.33. The highest BCUT2D eigenvalue weighted by Crippen LogP contribution is 2.34. The van der Waals surface area contributed by atoms with Gasteiger partial charge >= 0.3 is 6.18 Å². The molecule has 0 fully saturated rings. The average molecular weight is 302 g/mol. The van der Waals surface area contributed by atoms with Crippen LogP contribution in [0.25, 0.3) is 0 Å². The van der Waals surface area contributed by atoms with Crippen molar-refractivity contribution < 1.29 is 18.3 Å². The van der Waals surface area contributed by atoms with Gasteiger partial charge in [0.05, 0.1) is 16.7 Å². The minimum Gasteiger partial charge on any atom is -0.398 e. The Morgan fingerprint density at radius 2 is 2.10 bits per heavy atom. The lowest BCUT2D eigenvalue weighted by Crippen LogP contribution is -2.10. The second-order valence-electron chi connectivity index (χ2n) is 4.44. The van der Waals surface area contributed by atoms with Crippen molar-refractivity contribution >= 4 is 17.0 Å². The first-order chi connectivity index (χ1) is 9.27. The molecule has 0 aliphatic rings. The Morgan fingerprint density at radius 3 is 2.65 bits per heavy atom. The number of rotatable bonds is 3. The highest BCUT2D eigenvalue weighted by atomic mass is 32.1. The summed E-state index contributed by atoms with van der Waals surface area (Å²) < 4.78 is 38.0. The first kappa shape index (κ1) is 14.8. The van der Waals surface area contributed by atoms with Gasteiger partial charge in [0.25, 0.3) is 0 Å². The van der Waals surface area contributed by atoms with E-state index in [1.807, 2.05) is 12.3 Å². The molecule has 0 aliphatic carbocycles. The molecular weight excluding hydrogens is 289 g/mol. The maximum atomic E-state index is 12.7. The topological polar surface area (TPSA) is 59.1 Å². The van der Waals surface area contributed by atoms with Crippen molar-refractivity contribution in [1.29, 1.82) is 0 Å². The summed E-state index contributed by atoms with van der Waals surface area (Å²) in [6.45, 7) is 1.81. The molecule has 1 heterocycles. The number of hydrogen-bond acceptors (Lipinski definition) is 4. The van der Waals surface area contributed by atoms with Gasteiger partial charge in [0.1, 0.15) is 0 Å². The van der Waals surface area contributed by atoms with Crippen molar-refractivity contribution in [2.24, 2.45) is 0 Å². The van der Waals surface area contributed by atoms with Gasteiger partial charge in [0, 0.05) is 28.7 Å². The van der Waals surface area contributed by atoms with E-state index in [2.05, 4.69) is 4.98 Å². The number of aliphatic hydroxyl groups excluding tert-OH is 1. The fourth-order valence-corrected chi connectivity index (χ4v) is 2.62. The van der Waals surface area contributed by atoms with Crippen LogP contribution in [0.1, 0.15) is 27.9 Å². The van der Waals surface area contributed by atoms with Crippen LogP contribution >= 0.6 is 11.3 Å². The molecule has 20 heavy (non-hydrogen) atoms. The maximum absolute atomic E-state index is 12.7. The minimum atomic E-state index is -4.46. The van der Waals surface area contributed by atoms with Crippen LogP contribution in [0.15, 0.2) is 23.6 Å². The van der Waals surface area contributed by atoms with E-state index < -0.39 is 17.8 Å². The largest absolute Gasteiger partial charge is 0.416 e. The van der Waals surface area contributed by atoms with Crippen LogP contribution in [0, 0.1) is 6.92 Å². The number of aliphatic hydroxyl groups is 1. The molecule has 0 bridgehead atoms. The predicted molar refractivity (Wildman–Crippen MR) is 71.4 cm³/mol. The Bertz CT molecular complexity index is 610. The van der Waals surface area contributed by atoms with Crippen LogP contribution in [0.4, 0.5) is 18.9 Å². The Hall–Kier alpha value is -1.60. The van der Waals surface area contributed by atoms with Crippen molar-refractivity contribution in [2.75, 3.05) is 5.73 Å². The molecule has 0 amide bonds. The average Bonchev–Trinajstić information content (AvgIpc) is 2.73. The Kier molecular flexibility index (Phi) is 4.01. The summed E-state index contributed by atoms with van der Waals surface area (Å²) in [5.74, 6) is 0. The molecular formula is C13H13F3N2OS. The van der Waals surface area contributed by atoms with Crippen LogP contribution in [-0.2, 0) is 12.6 Å². The van der Waals surface area contributed by atoms with E-state index in [-0.39, 0.29) is 17.7 Å². The van der Waals surface area contributed by atoms with Gasteiger partial charge in [-0.2, -0.15) is 13.2 Å². The number of nitrogens with zero attached hydrogens (tertiary/aromatic N) is 1. The van der Waals surface area contributed by atoms with Gasteiger partial charge < -0.3 is 10.8 Å². The Balaban J connectivity index is 2.27. The second-order valence-corrected chi connectivity index (χ2v) is 5.39. The van der Waals surface area contributed by atoms with E-state index in [9.17, 15) is 18.3 Å². The van der Waals surface area contributed by atoms with Gasteiger partial charge in [0.15, 0.2) is 0 Å². The summed E-state index contributed by atoms with van der Waals surface area (Å²) in [5.41, 5.74) is 5.85. The quantitative estimate of drug-likeness (QED) is 0.855. The normalized spacial score (nSPS) is 13.4. The van der Waals surface area contributed by atoms with E-state index in [0.29, 0.717) is 5.01 Å². The lowest BCUT2D eigenvalue weighted by Gasteiger charge is -2.15. The molecule has 0 saturated carbocycles. The Morgan fingerprint density at radius 1 is 1.40 bits per heavy atom. The van der Waals surface area contributed by atoms with E-state index in [4.69, 9.17) is 5.73 Å². The van der Waals surface area contributed by atoms with Crippen molar-refractivity contribution in [2.45, 2.75) is 25.6 Å². The van der Waals surface area contributed by atoms with Crippen molar-refractivity contribution in [3.63, 3.8) is 0 Å². The second kappa shape index (κ2) is 5.41. The number of anilines is 1. The van der Waals surface area contributed by atoms with Gasteiger partial charge in [-0.25, -0.2) is 4.98 Å². The molecule has 2 aromatic rings. The van der Waals surface area contributed by atoms with Crippen LogP contribution in [0.5, 0.6) is 0 Å². The molecule has 0 spiro atoms. The zero-order chi connectivity index (χ0) is 14.9.